The molecule has 184 valence electrons. The summed E-state index contributed by atoms with van der Waals surface area (Å²) >= 11 is 0. The van der Waals surface area contributed by atoms with Gasteiger partial charge in [-0.3, -0.25) is 19.6 Å². The Kier molecular flexibility index (Phi) is 4.91. The fourth-order valence-corrected chi connectivity index (χ4v) is 5.54. The molecule has 0 aromatic carbocycles. The molecule has 3 heterocycles. The number of rotatable bonds is 5. The molecule has 3 aliphatic carbocycles. The Hall–Kier alpha value is -3.64. The molecule has 3 saturated carbocycles. The van der Waals surface area contributed by atoms with Crippen molar-refractivity contribution in [3.63, 3.8) is 0 Å². The second-order valence-electron chi connectivity index (χ2n) is 9.35. The van der Waals surface area contributed by atoms with Gasteiger partial charge in [-0.2, -0.15) is 13.2 Å². The molecule has 6 rings (SSSR count). The zero-order valence-corrected chi connectivity index (χ0v) is 18.1. The van der Waals surface area contributed by atoms with Crippen LogP contribution in [0.5, 0.6) is 0 Å². The van der Waals surface area contributed by atoms with E-state index in [1.165, 1.54) is 25.4 Å². The fraction of sp³-hybridized carbons (Fsp3) is 0.409. The summed E-state index contributed by atoms with van der Waals surface area (Å²) in [6, 6.07) is -0.831. The van der Waals surface area contributed by atoms with Crippen LogP contribution in [0.2, 0.25) is 0 Å². The van der Waals surface area contributed by atoms with E-state index in [9.17, 15) is 36.3 Å². The van der Waals surface area contributed by atoms with Gasteiger partial charge < -0.3 is 10.3 Å². The van der Waals surface area contributed by atoms with E-state index in [1.807, 2.05) is 0 Å². The lowest BCUT2D eigenvalue weighted by molar-refractivity contribution is -0.370. The van der Waals surface area contributed by atoms with Crippen LogP contribution in [-0.2, 0) is 4.79 Å². The Bertz CT molecular complexity index is 1460. The third kappa shape index (κ3) is 3.35. The predicted octanol–water partition coefficient (Wildman–Crippen LogP) is 2.91. The van der Waals surface area contributed by atoms with Crippen LogP contribution in [0, 0.1) is 22.5 Å². The van der Waals surface area contributed by atoms with Crippen molar-refractivity contribution < 1.29 is 26.7 Å². The van der Waals surface area contributed by atoms with Gasteiger partial charge in [0.25, 0.3) is 5.56 Å². The molecule has 3 aromatic heterocycles. The van der Waals surface area contributed by atoms with Crippen LogP contribution in [0.4, 0.5) is 22.0 Å². The monoisotopic (exact) mass is 495 g/mol. The highest BCUT2D eigenvalue weighted by Crippen LogP contribution is 2.81. The molecule has 3 aliphatic rings. The number of alkyl halides is 3. The van der Waals surface area contributed by atoms with E-state index in [1.54, 1.807) is 0 Å². The minimum atomic E-state index is -4.49. The summed E-state index contributed by atoms with van der Waals surface area (Å²) in [5.41, 5.74) is -5.30. The van der Waals surface area contributed by atoms with Crippen molar-refractivity contribution in [3.05, 3.63) is 68.9 Å². The largest absolute Gasteiger partial charge is 0.394 e. The van der Waals surface area contributed by atoms with Gasteiger partial charge >= 0.3 is 11.9 Å². The van der Waals surface area contributed by atoms with Crippen LogP contribution in [0.15, 0.2) is 40.3 Å². The number of fused-ring (bicyclic) bond motifs is 1. The van der Waals surface area contributed by atoms with Gasteiger partial charge in [-0.25, -0.2) is 18.1 Å². The van der Waals surface area contributed by atoms with E-state index < -0.39 is 77.1 Å². The number of halogens is 5. The van der Waals surface area contributed by atoms with Gasteiger partial charge in [-0.1, -0.05) is 0 Å². The van der Waals surface area contributed by atoms with Crippen molar-refractivity contribution in [2.75, 3.05) is 0 Å². The normalized spacial score (nSPS) is 24.9. The fourth-order valence-electron chi connectivity index (χ4n) is 5.54. The molecule has 2 bridgehead atoms. The van der Waals surface area contributed by atoms with Crippen molar-refractivity contribution in [1.82, 2.24) is 24.8 Å². The average molecular weight is 495 g/mol. The predicted molar refractivity (Wildman–Crippen MR) is 111 cm³/mol. The average Bonchev–Trinajstić information content (AvgIpc) is 2.69. The first-order chi connectivity index (χ1) is 16.4. The summed E-state index contributed by atoms with van der Waals surface area (Å²) in [6.07, 6.45) is -2.50. The number of aromatic nitrogens is 4. The van der Waals surface area contributed by atoms with E-state index in [2.05, 4.69) is 20.3 Å². The van der Waals surface area contributed by atoms with Crippen molar-refractivity contribution in [2.24, 2.45) is 10.8 Å². The number of hydrogen-bond acceptors (Lipinski definition) is 5. The Morgan fingerprint density at radius 1 is 1.20 bits per heavy atom. The standard InChI is InChI=1S/C22H18F5N5O3/c1-10(15-13(24)4-11(23)5-29-15)30-17(33)16(20-7-21(8-20,9-20)22(25,26)27)32-18(34)12-2-3-28-6-14(12)31-19(32)35/h2-6,10,16H,7-9H2,1H3,(H,30,33)(H,31,35)/t10-,16+,20?,21?/m0/s1. The van der Waals surface area contributed by atoms with Crippen LogP contribution in [-0.4, -0.2) is 31.6 Å². The lowest BCUT2D eigenvalue weighted by atomic mass is 9.32. The maximum absolute atomic E-state index is 14.2. The number of pyridine rings is 2. The quantitative estimate of drug-likeness (QED) is 0.529. The Labute approximate surface area is 193 Å². The lowest BCUT2D eigenvalue weighted by Crippen LogP contribution is -2.73. The van der Waals surface area contributed by atoms with Crippen LogP contribution in [0.1, 0.15) is 44.0 Å². The molecule has 0 saturated heterocycles. The van der Waals surface area contributed by atoms with Crippen LogP contribution >= 0.6 is 0 Å². The minimum absolute atomic E-state index is 0.0221. The van der Waals surface area contributed by atoms with Gasteiger partial charge in [0.05, 0.1) is 40.4 Å². The number of carbonyl (C=O) groups excluding carboxylic acids is 1. The SMILES string of the molecule is C[C@H](NC(=O)[C@@H](n1c(=O)[nH]c2cnccc2c1=O)C12CC(C(F)(F)F)(C1)C2)c1ncc(F)cc1F. The van der Waals surface area contributed by atoms with Gasteiger partial charge in [-0.15, -0.1) is 0 Å². The highest BCUT2D eigenvalue weighted by molar-refractivity contribution is 5.83. The summed E-state index contributed by atoms with van der Waals surface area (Å²) in [6.45, 7) is 1.34. The molecule has 0 radical (unpaired) electrons. The van der Waals surface area contributed by atoms with Gasteiger partial charge in [-0.05, 0) is 32.3 Å². The smallest absolute Gasteiger partial charge is 0.346 e. The van der Waals surface area contributed by atoms with E-state index in [0.29, 0.717) is 10.6 Å². The van der Waals surface area contributed by atoms with Crippen LogP contribution < -0.4 is 16.6 Å². The van der Waals surface area contributed by atoms with E-state index in [4.69, 9.17) is 0 Å². The van der Waals surface area contributed by atoms with E-state index >= 15 is 0 Å². The van der Waals surface area contributed by atoms with Crippen molar-refractivity contribution in [3.8, 4) is 0 Å². The van der Waals surface area contributed by atoms with E-state index in [0.717, 1.165) is 6.20 Å². The molecule has 1 amide bonds. The Morgan fingerprint density at radius 2 is 1.89 bits per heavy atom. The number of nitrogens with one attached hydrogen (secondary N) is 2. The van der Waals surface area contributed by atoms with Gasteiger partial charge in [0.1, 0.15) is 17.7 Å². The number of H-pyrrole nitrogens is 1. The molecule has 3 aromatic rings. The molecule has 35 heavy (non-hydrogen) atoms. The summed E-state index contributed by atoms with van der Waals surface area (Å²) < 4.78 is 68.6. The first-order valence-electron chi connectivity index (χ1n) is 10.6. The molecule has 3 fully saturated rings. The molecular formula is C22H18F5N5O3. The summed E-state index contributed by atoms with van der Waals surface area (Å²) in [7, 11) is 0. The molecule has 0 unspecified atom stereocenters. The number of carbonyl (C=O) groups is 1. The van der Waals surface area contributed by atoms with Crippen LogP contribution in [0.25, 0.3) is 10.9 Å². The second-order valence-corrected chi connectivity index (χ2v) is 9.35. The molecule has 13 heteroatoms. The minimum Gasteiger partial charge on any atom is -0.346 e. The molecule has 8 nitrogen and oxygen atoms in total. The van der Waals surface area contributed by atoms with Gasteiger partial charge in [0.15, 0.2) is 0 Å². The summed E-state index contributed by atoms with van der Waals surface area (Å²) in [4.78, 5) is 49.4. The maximum atomic E-state index is 14.2. The first kappa shape index (κ1) is 23.1. The molecule has 2 N–H and O–H groups in total. The zero-order chi connectivity index (χ0) is 25.3. The third-order valence-corrected chi connectivity index (χ3v) is 7.10. The molecule has 2 atom stereocenters. The van der Waals surface area contributed by atoms with Crippen molar-refractivity contribution in [2.45, 2.75) is 44.4 Å². The topological polar surface area (TPSA) is 110 Å². The number of hydrogen-bond donors (Lipinski definition) is 2. The lowest BCUT2D eigenvalue weighted by Gasteiger charge is -2.72. The second kappa shape index (κ2) is 7.43. The summed E-state index contributed by atoms with van der Waals surface area (Å²) in [5.74, 6) is -2.92. The first-order valence-corrected chi connectivity index (χ1v) is 10.6. The van der Waals surface area contributed by atoms with E-state index in [-0.39, 0.29) is 16.6 Å². The molecular weight excluding hydrogens is 477 g/mol. The third-order valence-electron chi connectivity index (χ3n) is 7.10. The van der Waals surface area contributed by atoms with Crippen molar-refractivity contribution in [1.29, 1.82) is 0 Å². The zero-order valence-electron chi connectivity index (χ0n) is 18.1. The van der Waals surface area contributed by atoms with Crippen LogP contribution in [0.3, 0.4) is 0 Å². The van der Waals surface area contributed by atoms with Crippen molar-refractivity contribution >= 4 is 16.8 Å². The number of aromatic amines is 1. The Morgan fingerprint density at radius 3 is 2.51 bits per heavy atom. The van der Waals surface area contributed by atoms with Gasteiger partial charge in [0, 0.05) is 17.7 Å². The highest BCUT2D eigenvalue weighted by Gasteiger charge is 2.81. The Balaban J connectivity index is 1.56. The highest BCUT2D eigenvalue weighted by atomic mass is 19.4. The molecule has 0 aliphatic heterocycles. The number of amides is 1. The molecule has 0 spiro atoms. The van der Waals surface area contributed by atoms with Gasteiger partial charge in [0.2, 0.25) is 5.91 Å². The maximum Gasteiger partial charge on any atom is 0.394 e. The summed E-state index contributed by atoms with van der Waals surface area (Å²) in [5, 5.41) is 2.46. The number of nitrogens with zero attached hydrogens (tertiary/aromatic N) is 3.